The van der Waals surface area contributed by atoms with Gasteiger partial charge in [-0.15, -0.1) is 0 Å². The van der Waals surface area contributed by atoms with Crippen molar-refractivity contribution in [3.63, 3.8) is 0 Å². The summed E-state index contributed by atoms with van der Waals surface area (Å²) in [5.74, 6) is 0.0300. The Morgan fingerprint density at radius 3 is 1.90 bits per heavy atom. The third kappa shape index (κ3) is 2.22. The lowest BCUT2D eigenvalue weighted by molar-refractivity contribution is 0.103. The molecule has 0 fully saturated rings. The minimum absolute atomic E-state index is 0.0300. The number of nitrogens with two attached hydrogens (primary N) is 1. The first-order chi connectivity index (χ1) is 9.34. The van der Waals surface area contributed by atoms with Gasteiger partial charge in [0.05, 0.1) is 0 Å². The maximum atomic E-state index is 13.0. The second-order valence-corrected chi connectivity index (χ2v) is 5.50. The van der Waals surface area contributed by atoms with Crippen LogP contribution < -0.4 is 5.73 Å². The molecule has 2 aromatic carbocycles. The average molecular weight is 267 g/mol. The summed E-state index contributed by atoms with van der Waals surface area (Å²) in [5.41, 5.74) is 13.3. The van der Waals surface area contributed by atoms with Gasteiger partial charge in [0.15, 0.2) is 5.78 Å². The van der Waals surface area contributed by atoms with E-state index in [2.05, 4.69) is 6.07 Å². The van der Waals surface area contributed by atoms with Crippen molar-refractivity contribution in [1.29, 1.82) is 0 Å². The van der Waals surface area contributed by atoms with Gasteiger partial charge in [-0.05, 0) is 68.5 Å². The fourth-order valence-electron chi connectivity index (χ4n) is 2.68. The summed E-state index contributed by atoms with van der Waals surface area (Å²) in [4.78, 5) is 13.0. The van der Waals surface area contributed by atoms with Gasteiger partial charge in [-0.3, -0.25) is 4.79 Å². The molecule has 104 valence electrons. The molecule has 0 unspecified atom stereocenters. The molecule has 20 heavy (non-hydrogen) atoms. The highest BCUT2D eigenvalue weighted by Gasteiger charge is 2.20. The number of benzene rings is 2. The number of carbonyl (C=O) groups excluding carboxylic acids is 1. The number of rotatable bonds is 2. The smallest absolute Gasteiger partial charge is 0.195 e. The predicted octanol–water partition coefficient (Wildman–Crippen LogP) is 4.04. The Morgan fingerprint density at radius 1 is 0.850 bits per heavy atom. The van der Waals surface area contributed by atoms with E-state index in [1.165, 1.54) is 0 Å². The van der Waals surface area contributed by atoms with E-state index in [1.54, 1.807) is 6.07 Å². The van der Waals surface area contributed by atoms with E-state index in [4.69, 9.17) is 5.73 Å². The van der Waals surface area contributed by atoms with Gasteiger partial charge in [-0.25, -0.2) is 0 Å². The summed E-state index contributed by atoms with van der Waals surface area (Å²) >= 11 is 0. The molecular formula is C18H21NO. The SMILES string of the molecule is Cc1cc(C)c(C)c(C(=O)c2c(C)cccc2N)c1C. The Morgan fingerprint density at radius 2 is 1.40 bits per heavy atom. The molecule has 0 radical (unpaired) electrons. The quantitative estimate of drug-likeness (QED) is 0.659. The van der Waals surface area contributed by atoms with Gasteiger partial charge in [0.1, 0.15) is 0 Å². The molecule has 2 aromatic rings. The maximum Gasteiger partial charge on any atom is 0.195 e. The number of hydrogen-bond donors (Lipinski definition) is 1. The number of carbonyl (C=O) groups is 1. The summed E-state index contributed by atoms with van der Waals surface area (Å²) < 4.78 is 0. The highest BCUT2D eigenvalue weighted by atomic mass is 16.1. The molecular weight excluding hydrogens is 246 g/mol. The fourth-order valence-corrected chi connectivity index (χ4v) is 2.68. The van der Waals surface area contributed by atoms with Gasteiger partial charge in [0.2, 0.25) is 0 Å². The number of ketones is 1. The summed E-state index contributed by atoms with van der Waals surface area (Å²) in [6.45, 7) is 10.0. The van der Waals surface area contributed by atoms with Crippen molar-refractivity contribution >= 4 is 11.5 Å². The summed E-state index contributed by atoms with van der Waals surface area (Å²) in [6, 6.07) is 7.72. The van der Waals surface area contributed by atoms with E-state index in [-0.39, 0.29) is 5.78 Å². The Kier molecular flexibility index (Phi) is 3.67. The average Bonchev–Trinajstić information content (AvgIpc) is 2.36. The monoisotopic (exact) mass is 267 g/mol. The minimum Gasteiger partial charge on any atom is -0.398 e. The lowest BCUT2D eigenvalue weighted by Crippen LogP contribution is -2.12. The molecule has 2 nitrogen and oxygen atoms in total. The molecule has 2 heteroatoms. The molecule has 0 atom stereocenters. The third-order valence-electron chi connectivity index (χ3n) is 4.13. The van der Waals surface area contributed by atoms with E-state index in [0.717, 1.165) is 33.4 Å². The summed E-state index contributed by atoms with van der Waals surface area (Å²) in [7, 11) is 0. The lowest BCUT2D eigenvalue weighted by Gasteiger charge is -2.16. The number of hydrogen-bond acceptors (Lipinski definition) is 2. The van der Waals surface area contributed by atoms with E-state index in [0.29, 0.717) is 11.3 Å². The van der Waals surface area contributed by atoms with E-state index >= 15 is 0 Å². The largest absolute Gasteiger partial charge is 0.398 e. The van der Waals surface area contributed by atoms with Gasteiger partial charge < -0.3 is 5.73 Å². The Bertz CT molecular complexity index is 653. The molecule has 0 saturated heterocycles. The van der Waals surface area contributed by atoms with Crippen LogP contribution in [0.1, 0.15) is 43.7 Å². The minimum atomic E-state index is 0.0300. The van der Waals surface area contributed by atoms with Crippen LogP contribution in [0.25, 0.3) is 0 Å². The zero-order chi connectivity index (χ0) is 15.0. The molecule has 0 saturated carbocycles. The zero-order valence-corrected chi connectivity index (χ0v) is 12.8. The number of aryl methyl sites for hydroxylation is 3. The molecule has 0 heterocycles. The topological polar surface area (TPSA) is 43.1 Å². The first-order valence-corrected chi connectivity index (χ1v) is 6.81. The second kappa shape index (κ2) is 5.12. The normalized spacial score (nSPS) is 10.7. The van der Waals surface area contributed by atoms with Gasteiger partial charge >= 0.3 is 0 Å². The van der Waals surface area contributed by atoms with Crippen LogP contribution in [0.2, 0.25) is 0 Å². The Balaban J connectivity index is 2.72. The summed E-state index contributed by atoms with van der Waals surface area (Å²) in [5, 5.41) is 0. The first kappa shape index (κ1) is 14.3. The van der Waals surface area contributed by atoms with E-state index in [9.17, 15) is 4.79 Å². The van der Waals surface area contributed by atoms with E-state index < -0.39 is 0 Å². The van der Waals surface area contributed by atoms with Crippen LogP contribution in [-0.4, -0.2) is 5.78 Å². The van der Waals surface area contributed by atoms with Crippen molar-refractivity contribution in [2.75, 3.05) is 5.73 Å². The first-order valence-electron chi connectivity index (χ1n) is 6.81. The molecule has 2 rings (SSSR count). The van der Waals surface area contributed by atoms with Crippen LogP contribution in [0.5, 0.6) is 0 Å². The molecule has 0 aliphatic carbocycles. The molecule has 0 bridgehead atoms. The molecule has 0 aromatic heterocycles. The standard InChI is InChI=1S/C18H21NO/c1-10-7-6-8-15(19)16(10)18(20)17-13(4)11(2)9-12(3)14(17)5/h6-9H,19H2,1-5H3. The molecule has 0 amide bonds. The third-order valence-corrected chi connectivity index (χ3v) is 4.13. The van der Waals surface area contributed by atoms with Gasteiger partial charge in [0, 0.05) is 16.8 Å². The molecule has 2 N–H and O–H groups in total. The zero-order valence-electron chi connectivity index (χ0n) is 12.8. The van der Waals surface area contributed by atoms with Crippen molar-refractivity contribution < 1.29 is 4.79 Å². The highest BCUT2D eigenvalue weighted by molar-refractivity contribution is 6.14. The maximum absolute atomic E-state index is 13.0. The highest BCUT2D eigenvalue weighted by Crippen LogP contribution is 2.27. The van der Waals surface area contributed by atoms with Crippen LogP contribution in [0.15, 0.2) is 24.3 Å². The Labute approximate surface area is 120 Å². The van der Waals surface area contributed by atoms with Crippen molar-refractivity contribution in [2.45, 2.75) is 34.6 Å². The predicted molar refractivity (Wildman–Crippen MR) is 84.4 cm³/mol. The van der Waals surface area contributed by atoms with Crippen LogP contribution in [0, 0.1) is 34.6 Å². The van der Waals surface area contributed by atoms with Crippen LogP contribution in [0.3, 0.4) is 0 Å². The lowest BCUT2D eigenvalue weighted by atomic mass is 9.87. The van der Waals surface area contributed by atoms with Crippen LogP contribution in [0.4, 0.5) is 5.69 Å². The number of anilines is 1. The molecule has 0 aliphatic rings. The summed E-state index contributed by atoms with van der Waals surface area (Å²) in [6.07, 6.45) is 0. The van der Waals surface area contributed by atoms with Crippen molar-refractivity contribution in [3.05, 3.63) is 63.2 Å². The van der Waals surface area contributed by atoms with Gasteiger partial charge in [0.25, 0.3) is 0 Å². The second-order valence-electron chi connectivity index (χ2n) is 5.50. The van der Waals surface area contributed by atoms with Crippen molar-refractivity contribution in [1.82, 2.24) is 0 Å². The van der Waals surface area contributed by atoms with Crippen LogP contribution >= 0.6 is 0 Å². The molecule has 0 aliphatic heterocycles. The van der Waals surface area contributed by atoms with Gasteiger partial charge in [-0.2, -0.15) is 0 Å². The van der Waals surface area contributed by atoms with Crippen molar-refractivity contribution in [2.24, 2.45) is 0 Å². The fraction of sp³-hybridized carbons (Fsp3) is 0.278. The van der Waals surface area contributed by atoms with Gasteiger partial charge in [-0.1, -0.05) is 18.2 Å². The molecule has 0 spiro atoms. The van der Waals surface area contributed by atoms with Crippen molar-refractivity contribution in [3.8, 4) is 0 Å². The Hall–Kier alpha value is -2.09. The van der Waals surface area contributed by atoms with Crippen LogP contribution in [-0.2, 0) is 0 Å². The number of nitrogen functional groups attached to an aromatic ring is 1. The van der Waals surface area contributed by atoms with E-state index in [1.807, 2.05) is 46.8 Å².